The molecule has 0 aromatic carbocycles. The Bertz CT molecular complexity index is 319. The van der Waals surface area contributed by atoms with E-state index in [1.165, 1.54) is 0 Å². The van der Waals surface area contributed by atoms with Crippen LogP contribution in [0.1, 0.15) is 53.9 Å². The second kappa shape index (κ2) is 5.72. The largest absolute Gasteiger partial charge is 0.444 e. The van der Waals surface area contributed by atoms with Gasteiger partial charge in [-0.05, 0) is 39.5 Å². The molecule has 0 bridgehead atoms. The Kier molecular flexibility index (Phi) is 4.77. The maximum Gasteiger partial charge on any atom is 0.410 e. The molecule has 1 heterocycles. The van der Waals surface area contributed by atoms with E-state index in [1.807, 2.05) is 27.7 Å². The Morgan fingerprint density at radius 1 is 1.28 bits per heavy atom. The van der Waals surface area contributed by atoms with Crippen molar-refractivity contribution in [3.05, 3.63) is 0 Å². The van der Waals surface area contributed by atoms with Crippen LogP contribution in [0.4, 0.5) is 4.79 Å². The van der Waals surface area contributed by atoms with E-state index in [9.17, 15) is 9.59 Å². The minimum absolute atomic E-state index is 0.132. The van der Waals surface area contributed by atoms with Crippen LogP contribution in [0.25, 0.3) is 0 Å². The normalized spacial score (nSPS) is 24.8. The molecular weight excluding hydrogens is 230 g/mol. The lowest BCUT2D eigenvalue weighted by molar-refractivity contribution is -0.125. The van der Waals surface area contributed by atoms with E-state index >= 15 is 0 Å². The standard InChI is InChI=1S/C14H25NO3/c1-6-12(16)11-8-7-10(2)9-15(11)13(17)18-14(3,4)5/h10-11H,6-9H2,1-5H3. The zero-order valence-corrected chi connectivity index (χ0v) is 12.2. The van der Waals surface area contributed by atoms with Crippen molar-refractivity contribution in [2.75, 3.05) is 6.54 Å². The third kappa shape index (κ3) is 4.00. The number of ether oxygens (including phenoxy) is 1. The highest BCUT2D eigenvalue weighted by atomic mass is 16.6. The van der Waals surface area contributed by atoms with Crippen molar-refractivity contribution in [1.29, 1.82) is 0 Å². The van der Waals surface area contributed by atoms with E-state index in [2.05, 4.69) is 6.92 Å². The van der Waals surface area contributed by atoms with Crippen LogP contribution in [-0.2, 0) is 9.53 Å². The Hall–Kier alpha value is -1.06. The molecule has 0 aromatic rings. The molecule has 1 amide bonds. The Balaban J connectivity index is 2.78. The van der Waals surface area contributed by atoms with Crippen molar-refractivity contribution in [3.63, 3.8) is 0 Å². The number of amides is 1. The number of likely N-dealkylation sites (tertiary alicyclic amines) is 1. The van der Waals surface area contributed by atoms with Gasteiger partial charge in [0.25, 0.3) is 0 Å². The molecule has 1 fully saturated rings. The first kappa shape index (κ1) is 15.0. The molecule has 0 aromatic heterocycles. The molecule has 4 nitrogen and oxygen atoms in total. The number of ketones is 1. The van der Waals surface area contributed by atoms with E-state index in [1.54, 1.807) is 4.90 Å². The number of Topliss-reactive ketones (excluding diaryl/α,β-unsaturated/α-hetero) is 1. The quantitative estimate of drug-likeness (QED) is 0.762. The highest BCUT2D eigenvalue weighted by Crippen LogP contribution is 2.25. The van der Waals surface area contributed by atoms with Gasteiger partial charge in [-0.25, -0.2) is 4.79 Å². The van der Waals surface area contributed by atoms with Gasteiger partial charge in [-0.1, -0.05) is 13.8 Å². The minimum Gasteiger partial charge on any atom is -0.444 e. The summed E-state index contributed by atoms with van der Waals surface area (Å²) in [5, 5.41) is 0. The molecule has 104 valence electrons. The molecule has 0 spiro atoms. The smallest absolute Gasteiger partial charge is 0.410 e. The lowest BCUT2D eigenvalue weighted by Crippen LogP contribution is -2.51. The lowest BCUT2D eigenvalue weighted by atomic mass is 9.91. The number of rotatable bonds is 2. The molecule has 1 aliphatic heterocycles. The Morgan fingerprint density at radius 3 is 2.39 bits per heavy atom. The lowest BCUT2D eigenvalue weighted by Gasteiger charge is -2.38. The van der Waals surface area contributed by atoms with Crippen molar-refractivity contribution in [2.24, 2.45) is 5.92 Å². The number of carbonyl (C=O) groups is 2. The number of hydrogen-bond donors (Lipinski definition) is 0. The molecular formula is C14H25NO3. The summed E-state index contributed by atoms with van der Waals surface area (Å²) in [6.07, 6.45) is 1.86. The summed E-state index contributed by atoms with van der Waals surface area (Å²) in [6.45, 7) is 10.1. The molecule has 18 heavy (non-hydrogen) atoms. The Morgan fingerprint density at radius 2 is 1.89 bits per heavy atom. The van der Waals surface area contributed by atoms with E-state index in [0.29, 0.717) is 18.9 Å². The van der Waals surface area contributed by atoms with Crippen molar-refractivity contribution in [1.82, 2.24) is 4.90 Å². The van der Waals surface area contributed by atoms with E-state index in [0.717, 1.165) is 12.8 Å². The zero-order valence-electron chi connectivity index (χ0n) is 12.2. The number of carbonyl (C=O) groups excluding carboxylic acids is 2. The van der Waals surface area contributed by atoms with Gasteiger partial charge in [0, 0.05) is 13.0 Å². The summed E-state index contributed by atoms with van der Waals surface area (Å²) >= 11 is 0. The van der Waals surface area contributed by atoms with Gasteiger partial charge in [0.15, 0.2) is 5.78 Å². The number of piperidine rings is 1. The van der Waals surface area contributed by atoms with Crippen LogP contribution in [0, 0.1) is 5.92 Å². The predicted molar refractivity (Wildman–Crippen MR) is 70.4 cm³/mol. The molecule has 4 heteroatoms. The molecule has 2 atom stereocenters. The maximum atomic E-state index is 12.1. The molecule has 0 saturated carbocycles. The van der Waals surface area contributed by atoms with Crippen molar-refractivity contribution in [3.8, 4) is 0 Å². The summed E-state index contributed by atoms with van der Waals surface area (Å²) in [6, 6.07) is -0.291. The Labute approximate surface area is 110 Å². The van der Waals surface area contributed by atoms with Gasteiger partial charge in [-0.3, -0.25) is 9.69 Å². The predicted octanol–water partition coefficient (Wildman–Crippen LogP) is 3.00. The average Bonchev–Trinajstić information content (AvgIpc) is 2.25. The molecule has 1 saturated heterocycles. The van der Waals surface area contributed by atoms with Crippen LogP contribution in [0.2, 0.25) is 0 Å². The maximum absolute atomic E-state index is 12.1. The van der Waals surface area contributed by atoms with Gasteiger partial charge >= 0.3 is 6.09 Å². The van der Waals surface area contributed by atoms with Crippen LogP contribution in [-0.4, -0.2) is 35.0 Å². The molecule has 0 aliphatic carbocycles. The van der Waals surface area contributed by atoms with Crippen LogP contribution in [0.5, 0.6) is 0 Å². The fraction of sp³-hybridized carbons (Fsp3) is 0.857. The monoisotopic (exact) mass is 255 g/mol. The number of nitrogens with zero attached hydrogens (tertiary/aromatic N) is 1. The second-order valence-electron chi connectivity index (χ2n) is 6.15. The topological polar surface area (TPSA) is 46.6 Å². The first-order chi connectivity index (χ1) is 8.24. The van der Waals surface area contributed by atoms with Gasteiger partial charge in [0.2, 0.25) is 0 Å². The highest BCUT2D eigenvalue weighted by Gasteiger charge is 2.35. The molecule has 1 rings (SSSR count). The highest BCUT2D eigenvalue weighted by molar-refractivity contribution is 5.87. The molecule has 1 aliphatic rings. The van der Waals surface area contributed by atoms with Crippen LogP contribution in [0.3, 0.4) is 0 Å². The van der Waals surface area contributed by atoms with Crippen molar-refractivity contribution < 1.29 is 14.3 Å². The minimum atomic E-state index is -0.516. The third-order valence-electron chi connectivity index (χ3n) is 3.17. The summed E-state index contributed by atoms with van der Waals surface area (Å²) in [5.74, 6) is 0.561. The third-order valence-corrected chi connectivity index (χ3v) is 3.17. The van der Waals surface area contributed by atoms with Gasteiger partial charge in [-0.2, -0.15) is 0 Å². The molecule has 0 N–H and O–H groups in total. The fourth-order valence-corrected chi connectivity index (χ4v) is 2.25. The van der Waals surface area contributed by atoms with Crippen LogP contribution >= 0.6 is 0 Å². The van der Waals surface area contributed by atoms with Crippen molar-refractivity contribution >= 4 is 11.9 Å². The molecule has 0 radical (unpaired) electrons. The van der Waals surface area contributed by atoms with Crippen LogP contribution in [0.15, 0.2) is 0 Å². The van der Waals surface area contributed by atoms with E-state index in [-0.39, 0.29) is 17.9 Å². The first-order valence-corrected chi connectivity index (χ1v) is 6.77. The summed E-state index contributed by atoms with van der Waals surface area (Å²) in [5.41, 5.74) is -0.516. The zero-order chi connectivity index (χ0) is 13.9. The van der Waals surface area contributed by atoms with Crippen molar-refractivity contribution in [2.45, 2.75) is 65.5 Å². The first-order valence-electron chi connectivity index (χ1n) is 6.77. The van der Waals surface area contributed by atoms with Gasteiger partial charge < -0.3 is 4.74 Å². The van der Waals surface area contributed by atoms with Crippen LogP contribution < -0.4 is 0 Å². The fourth-order valence-electron chi connectivity index (χ4n) is 2.25. The number of hydrogen-bond acceptors (Lipinski definition) is 3. The summed E-state index contributed by atoms with van der Waals surface area (Å²) in [7, 11) is 0. The average molecular weight is 255 g/mol. The SMILES string of the molecule is CCC(=O)C1CCC(C)CN1C(=O)OC(C)(C)C. The van der Waals surface area contributed by atoms with Gasteiger partial charge in [0.05, 0.1) is 6.04 Å². The summed E-state index contributed by atoms with van der Waals surface area (Å²) < 4.78 is 5.39. The van der Waals surface area contributed by atoms with E-state index in [4.69, 9.17) is 4.74 Å². The summed E-state index contributed by atoms with van der Waals surface area (Å²) in [4.78, 5) is 25.7. The van der Waals surface area contributed by atoms with Gasteiger partial charge in [-0.15, -0.1) is 0 Å². The molecule has 2 unspecified atom stereocenters. The van der Waals surface area contributed by atoms with Gasteiger partial charge in [0.1, 0.15) is 5.60 Å². The van der Waals surface area contributed by atoms with E-state index < -0.39 is 5.60 Å². The second-order valence-corrected chi connectivity index (χ2v) is 6.15.